The van der Waals surface area contributed by atoms with Gasteiger partial charge in [0, 0.05) is 32.0 Å². The number of anilines is 1. The van der Waals surface area contributed by atoms with Crippen LogP contribution in [0.3, 0.4) is 0 Å². The minimum atomic E-state index is -0.338. The summed E-state index contributed by atoms with van der Waals surface area (Å²) in [6.07, 6.45) is 1.13. The summed E-state index contributed by atoms with van der Waals surface area (Å²) < 4.78 is 10.6. The molecule has 0 saturated carbocycles. The fourth-order valence-corrected chi connectivity index (χ4v) is 2.92. The zero-order valence-corrected chi connectivity index (χ0v) is 15.4. The largest absolute Gasteiger partial charge is 0.497 e. The first-order valence-electron chi connectivity index (χ1n) is 8.55. The van der Waals surface area contributed by atoms with Crippen molar-refractivity contribution in [2.24, 2.45) is 5.92 Å². The van der Waals surface area contributed by atoms with E-state index in [4.69, 9.17) is 9.47 Å². The van der Waals surface area contributed by atoms with E-state index in [0.717, 1.165) is 13.0 Å². The Balaban J connectivity index is 2.01. The van der Waals surface area contributed by atoms with Gasteiger partial charge in [-0.2, -0.15) is 0 Å². The lowest BCUT2D eigenvalue weighted by Crippen LogP contribution is -3.05. The number of rotatable bonds is 8. The maximum absolute atomic E-state index is 12.4. The highest BCUT2D eigenvalue weighted by molar-refractivity contribution is 6.01. The molecule has 0 aromatic heterocycles. The number of methoxy groups -OCH3 is 2. The van der Waals surface area contributed by atoms with Gasteiger partial charge < -0.3 is 24.6 Å². The van der Waals surface area contributed by atoms with Gasteiger partial charge in [-0.3, -0.25) is 9.59 Å². The van der Waals surface area contributed by atoms with Gasteiger partial charge in [0.2, 0.25) is 11.8 Å². The van der Waals surface area contributed by atoms with Crippen LogP contribution in [-0.2, 0) is 9.59 Å². The Hall–Kier alpha value is -2.28. The maximum Gasteiger partial charge on any atom is 0.227 e. The maximum atomic E-state index is 12.4. The Morgan fingerprint density at radius 2 is 2.08 bits per heavy atom. The molecule has 1 heterocycles. The summed E-state index contributed by atoms with van der Waals surface area (Å²) in [4.78, 5) is 27.7. The number of benzene rings is 1. The standard InChI is InChI=1S/C18H27N3O4/c1-20(2)9-5-8-19-18(23)13-10-17(22)21(12-13)15-11-14(24-3)6-7-16(15)25-4/h6-7,11,13H,5,8-10,12H2,1-4H3,(H,19,23)/p+1/t13-/m1/s1. The van der Waals surface area contributed by atoms with Crippen molar-refractivity contribution in [1.82, 2.24) is 5.32 Å². The predicted octanol–water partition coefficient (Wildman–Crippen LogP) is -0.292. The molecule has 7 heteroatoms. The predicted molar refractivity (Wildman–Crippen MR) is 95.3 cm³/mol. The number of hydrogen-bond donors (Lipinski definition) is 2. The van der Waals surface area contributed by atoms with Crippen LogP contribution in [0.4, 0.5) is 5.69 Å². The first-order chi connectivity index (χ1) is 12.0. The average Bonchev–Trinajstić information content (AvgIpc) is 2.99. The first-order valence-corrected chi connectivity index (χ1v) is 8.55. The van der Waals surface area contributed by atoms with Gasteiger partial charge in [-0.05, 0) is 12.1 Å². The number of nitrogens with zero attached hydrogens (tertiary/aromatic N) is 1. The monoisotopic (exact) mass is 350 g/mol. The summed E-state index contributed by atoms with van der Waals surface area (Å²) in [5.41, 5.74) is 0.637. The number of hydrogen-bond acceptors (Lipinski definition) is 4. The first kappa shape index (κ1) is 19.1. The minimum Gasteiger partial charge on any atom is -0.497 e. The molecule has 1 fully saturated rings. The molecule has 2 amide bonds. The second kappa shape index (κ2) is 8.71. The van der Waals surface area contributed by atoms with E-state index < -0.39 is 0 Å². The highest BCUT2D eigenvalue weighted by Gasteiger charge is 2.36. The van der Waals surface area contributed by atoms with Crippen molar-refractivity contribution in [2.75, 3.05) is 52.8 Å². The summed E-state index contributed by atoms with van der Waals surface area (Å²) in [7, 11) is 7.29. The zero-order chi connectivity index (χ0) is 18.4. The van der Waals surface area contributed by atoms with Gasteiger partial charge >= 0.3 is 0 Å². The number of carbonyl (C=O) groups is 2. The van der Waals surface area contributed by atoms with Crippen molar-refractivity contribution in [3.05, 3.63) is 18.2 Å². The van der Waals surface area contributed by atoms with E-state index in [-0.39, 0.29) is 24.2 Å². The van der Waals surface area contributed by atoms with Gasteiger partial charge in [0.25, 0.3) is 0 Å². The van der Waals surface area contributed by atoms with E-state index in [2.05, 4.69) is 19.4 Å². The molecule has 1 atom stereocenters. The lowest BCUT2D eigenvalue weighted by molar-refractivity contribution is -0.858. The Morgan fingerprint density at radius 1 is 1.32 bits per heavy atom. The van der Waals surface area contributed by atoms with Crippen molar-refractivity contribution < 1.29 is 24.0 Å². The molecule has 1 saturated heterocycles. The molecule has 0 spiro atoms. The quantitative estimate of drug-likeness (QED) is 0.632. The van der Waals surface area contributed by atoms with Gasteiger partial charge in [-0.15, -0.1) is 0 Å². The van der Waals surface area contributed by atoms with Crippen LogP contribution in [0.15, 0.2) is 18.2 Å². The topological polar surface area (TPSA) is 72.3 Å². The van der Waals surface area contributed by atoms with E-state index in [0.29, 0.717) is 30.3 Å². The van der Waals surface area contributed by atoms with Gasteiger partial charge in [0.1, 0.15) is 11.5 Å². The van der Waals surface area contributed by atoms with Crippen LogP contribution in [0, 0.1) is 5.92 Å². The van der Waals surface area contributed by atoms with Gasteiger partial charge in [-0.25, -0.2) is 0 Å². The number of quaternary nitrogens is 1. The molecular weight excluding hydrogens is 322 g/mol. The van der Waals surface area contributed by atoms with Crippen molar-refractivity contribution in [3.63, 3.8) is 0 Å². The van der Waals surface area contributed by atoms with Crippen LogP contribution < -0.4 is 24.6 Å². The molecule has 1 aliphatic heterocycles. The molecular formula is C18H28N3O4+. The molecule has 1 aromatic carbocycles. The van der Waals surface area contributed by atoms with Crippen LogP contribution in [0.25, 0.3) is 0 Å². The molecule has 0 unspecified atom stereocenters. The molecule has 0 bridgehead atoms. The molecule has 0 aliphatic carbocycles. The summed E-state index contributed by atoms with van der Waals surface area (Å²) >= 11 is 0. The van der Waals surface area contributed by atoms with E-state index in [1.165, 1.54) is 4.90 Å². The third kappa shape index (κ3) is 4.85. The smallest absolute Gasteiger partial charge is 0.227 e. The minimum absolute atomic E-state index is 0.0635. The summed E-state index contributed by atoms with van der Waals surface area (Å²) in [6.45, 7) is 1.99. The fourth-order valence-electron chi connectivity index (χ4n) is 2.92. The van der Waals surface area contributed by atoms with Crippen LogP contribution >= 0.6 is 0 Å². The number of ether oxygens (including phenoxy) is 2. The third-order valence-electron chi connectivity index (χ3n) is 4.33. The zero-order valence-electron chi connectivity index (χ0n) is 15.4. The van der Waals surface area contributed by atoms with Crippen LogP contribution in [0.5, 0.6) is 11.5 Å². The second-order valence-electron chi connectivity index (χ2n) is 6.54. The van der Waals surface area contributed by atoms with E-state index in [1.54, 1.807) is 37.3 Å². The van der Waals surface area contributed by atoms with Gasteiger partial charge in [0.05, 0.1) is 46.5 Å². The summed E-state index contributed by atoms with van der Waals surface area (Å²) in [5, 5.41) is 2.94. The van der Waals surface area contributed by atoms with Crippen molar-refractivity contribution in [2.45, 2.75) is 12.8 Å². The number of amides is 2. The van der Waals surface area contributed by atoms with E-state index >= 15 is 0 Å². The van der Waals surface area contributed by atoms with Crippen molar-refractivity contribution >= 4 is 17.5 Å². The highest BCUT2D eigenvalue weighted by atomic mass is 16.5. The molecule has 7 nitrogen and oxygen atoms in total. The average molecular weight is 350 g/mol. The number of carbonyl (C=O) groups excluding carboxylic acids is 2. The normalized spacial score (nSPS) is 17.1. The Morgan fingerprint density at radius 3 is 2.72 bits per heavy atom. The molecule has 2 N–H and O–H groups in total. The molecule has 2 rings (SSSR count). The number of nitrogens with one attached hydrogen (secondary N) is 2. The summed E-state index contributed by atoms with van der Waals surface area (Å²) in [5.74, 6) is 0.748. The van der Waals surface area contributed by atoms with E-state index in [9.17, 15) is 9.59 Å². The third-order valence-corrected chi connectivity index (χ3v) is 4.33. The SMILES string of the molecule is COc1ccc(OC)c(N2C[C@H](C(=O)NCCC[NH+](C)C)CC2=O)c1. The molecule has 0 radical (unpaired) electrons. The lowest BCUT2D eigenvalue weighted by atomic mass is 10.1. The molecule has 1 aromatic rings. The second-order valence-corrected chi connectivity index (χ2v) is 6.54. The van der Waals surface area contributed by atoms with Crippen molar-refractivity contribution in [1.29, 1.82) is 0 Å². The van der Waals surface area contributed by atoms with Gasteiger partial charge in [-0.1, -0.05) is 0 Å². The van der Waals surface area contributed by atoms with Crippen molar-refractivity contribution in [3.8, 4) is 11.5 Å². The van der Waals surface area contributed by atoms with Crippen LogP contribution in [0.2, 0.25) is 0 Å². The Kier molecular flexibility index (Phi) is 6.64. The lowest BCUT2D eigenvalue weighted by Gasteiger charge is -2.20. The Bertz CT molecular complexity index is 618. The summed E-state index contributed by atoms with van der Waals surface area (Å²) in [6, 6.07) is 5.30. The van der Waals surface area contributed by atoms with Gasteiger partial charge in [0.15, 0.2) is 0 Å². The fraction of sp³-hybridized carbons (Fsp3) is 0.556. The molecule has 1 aliphatic rings. The van der Waals surface area contributed by atoms with Crippen LogP contribution in [0.1, 0.15) is 12.8 Å². The Labute approximate surface area is 148 Å². The molecule has 25 heavy (non-hydrogen) atoms. The van der Waals surface area contributed by atoms with Crippen LogP contribution in [-0.4, -0.2) is 59.8 Å². The highest BCUT2D eigenvalue weighted by Crippen LogP contribution is 2.35. The molecule has 138 valence electrons. The van der Waals surface area contributed by atoms with E-state index in [1.807, 2.05) is 0 Å².